The Hall–Kier alpha value is -1.77. The fourth-order valence-electron chi connectivity index (χ4n) is 0.933. The highest BCUT2D eigenvalue weighted by atomic mass is 16.1. The first-order chi connectivity index (χ1) is 6.36. The van der Waals surface area contributed by atoms with Crippen molar-refractivity contribution < 1.29 is 4.79 Å². The van der Waals surface area contributed by atoms with Crippen molar-refractivity contribution in [2.24, 2.45) is 0 Å². The van der Waals surface area contributed by atoms with Crippen LogP contribution in [0.15, 0.2) is 43.0 Å². The van der Waals surface area contributed by atoms with Crippen molar-refractivity contribution in [3.05, 3.63) is 43.0 Å². The standard InChI is InChI=1S/C10H12N2O/c1-2-8-12(9-13)11-10-6-4-3-5-7-10/h2-7,9,11H,1,8H2. The number of hydrazine groups is 1. The Morgan fingerprint density at radius 3 is 2.62 bits per heavy atom. The molecule has 1 amide bonds. The fourth-order valence-corrected chi connectivity index (χ4v) is 0.933. The topological polar surface area (TPSA) is 32.3 Å². The van der Waals surface area contributed by atoms with Crippen molar-refractivity contribution in [1.29, 1.82) is 0 Å². The molecule has 0 saturated heterocycles. The number of hydrogen-bond donors (Lipinski definition) is 1. The maximum absolute atomic E-state index is 10.5. The van der Waals surface area contributed by atoms with Gasteiger partial charge in [0.25, 0.3) is 0 Å². The third kappa shape index (κ3) is 2.99. The Balaban J connectivity index is 2.56. The maximum atomic E-state index is 10.5. The molecule has 13 heavy (non-hydrogen) atoms. The maximum Gasteiger partial charge on any atom is 0.228 e. The fraction of sp³-hybridized carbons (Fsp3) is 0.100. The number of nitrogens with one attached hydrogen (secondary N) is 1. The number of hydrogen-bond acceptors (Lipinski definition) is 2. The van der Waals surface area contributed by atoms with Crippen LogP contribution in [0.2, 0.25) is 0 Å². The van der Waals surface area contributed by atoms with E-state index >= 15 is 0 Å². The average Bonchev–Trinajstić information content (AvgIpc) is 2.19. The van der Waals surface area contributed by atoms with Crippen LogP contribution in [0.3, 0.4) is 0 Å². The number of benzene rings is 1. The van der Waals surface area contributed by atoms with Gasteiger partial charge in [-0.3, -0.25) is 15.2 Å². The van der Waals surface area contributed by atoms with Crippen molar-refractivity contribution in [2.75, 3.05) is 12.0 Å². The summed E-state index contributed by atoms with van der Waals surface area (Å²) >= 11 is 0. The molecular weight excluding hydrogens is 164 g/mol. The van der Waals surface area contributed by atoms with Crippen LogP contribution in [-0.2, 0) is 4.79 Å². The minimum Gasteiger partial charge on any atom is -0.296 e. The largest absolute Gasteiger partial charge is 0.296 e. The van der Waals surface area contributed by atoms with Crippen molar-refractivity contribution in [1.82, 2.24) is 5.01 Å². The highest BCUT2D eigenvalue weighted by molar-refractivity contribution is 5.53. The quantitative estimate of drug-likeness (QED) is 0.420. The molecule has 0 bridgehead atoms. The molecule has 1 rings (SSSR count). The summed E-state index contributed by atoms with van der Waals surface area (Å²) in [5.74, 6) is 0. The molecule has 0 atom stereocenters. The summed E-state index contributed by atoms with van der Waals surface area (Å²) in [5.41, 5.74) is 3.81. The zero-order chi connectivity index (χ0) is 9.52. The molecule has 0 saturated carbocycles. The van der Waals surface area contributed by atoms with E-state index in [4.69, 9.17) is 0 Å². The Morgan fingerprint density at radius 2 is 2.08 bits per heavy atom. The van der Waals surface area contributed by atoms with Crippen LogP contribution in [-0.4, -0.2) is 18.0 Å². The van der Waals surface area contributed by atoms with Crippen LogP contribution < -0.4 is 5.43 Å². The Morgan fingerprint density at radius 1 is 1.38 bits per heavy atom. The zero-order valence-corrected chi connectivity index (χ0v) is 7.31. The van der Waals surface area contributed by atoms with Gasteiger partial charge >= 0.3 is 0 Å². The zero-order valence-electron chi connectivity index (χ0n) is 7.31. The van der Waals surface area contributed by atoms with Crippen LogP contribution in [0.5, 0.6) is 0 Å². The Bertz CT molecular complexity index is 272. The second-order valence-corrected chi connectivity index (χ2v) is 2.52. The van der Waals surface area contributed by atoms with E-state index in [9.17, 15) is 4.79 Å². The number of anilines is 1. The summed E-state index contributed by atoms with van der Waals surface area (Å²) in [6.07, 6.45) is 2.39. The average molecular weight is 176 g/mol. The molecule has 0 fully saturated rings. The lowest BCUT2D eigenvalue weighted by Gasteiger charge is -2.17. The molecule has 0 aliphatic carbocycles. The molecule has 0 aromatic heterocycles. The molecule has 1 aromatic rings. The van der Waals surface area contributed by atoms with Gasteiger partial charge in [0.1, 0.15) is 0 Å². The summed E-state index contributed by atoms with van der Waals surface area (Å²) in [5, 5.41) is 1.42. The Labute approximate surface area is 77.6 Å². The SMILES string of the molecule is C=CCN(C=O)Nc1ccccc1. The highest BCUT2D eigenvalue weighted by Crippen LogP contribution is 2.05. The lowest BCUT2D eigenvalue weighted by molar-refractivity contribution is -0.116. The number of rotatable bonds is 5. The monoisotopic (exact) mass is 176 g/mol. The van der Waals surface area contributed by atoms with Crippen LogP contribution in [0.1, 0.15) is 0 Å². The van der Waals surface area contributed by atoms with Gasteiger partial charge in [-0.15, -0.1) is 6.58 Å². The van der Waals surface area contributed by atoms with Gasteiger partial charge < -0.3 is 0 Å². The molecule has 3 nitrogen and oxygen atoms in total. The molecule has 1 aromatic carbocycles. The third-order valence-electron chi connectivity index (χ3n) is 1.50. The van der Waals surface area contributed by atoms with Gasteiger partial charge in [0.05, 0.1) is 12.2 Å². The number of carbonyl (C=O) groups excluding carboxylic acids is 1. The van der Waals surface area contributed by atoms with Gasteiger partial charge in [-0.05, 0) is 12.1 Å². The van der Waals surface area contributed by atoms with Crippen molar-refractivity contribution >= 4 is 12.1 Å². The van der Waals surface area contributed by atoms with E-state index in [0.29, 0.717) is 6.54 Å². The molecule has 68 valence electrons. The van der Waals surface area contributed by atoms with Crippen molar-refractivity contribution in [3.8, 4) is 0 Å². The van der Waals surface area contributed by atoms with E-state index in [1.165, 1.54) is 5.01 Å². The lowest BCUT2D eigenvalue weighted by Crippen LogP contribution is -2.28. The van der Waals surface area contributed by atoms with Gasteiger partial charge in [0.15, 0.2) is 0 Å². The summed E-state index contributed by atoms with van der Waals surface area (Å²) in [6.45, 7) is 4.03. The first-order valence-corrected chi connectivity index (χ1v) is 4.01. The molecule has 3 heteroatoms. The number of amides is 1. The summed E-state index contributed by atoms with van der Waals surface area (Å²) in [4.78, 5) is 10.5. The molecule has 0 aliphatic heterocycles. The van der Waals surface area contributed by atoms with E-state index in [0.717, 1.165) is 12.1 Å². The van der Waals surface area contributed by atoms with Crippen molar-refractivity contribution in [3.63, 3.8) is 0 Å². The number of nitrogens with zero attached hydrogens (tertiary/aromatic N) is 1. The van der Waals surface area contributed by atoms with Gasteiger partial charge in [0.2, 0.25) is 6.41 Å². The van der Waals surface area contributed by atoms with Gasteiger partial charge in [-0.25, -0.2) is 0 Å². The summed E-state index contributed by atoms with van der Waals surface area (Å²) < 4.78 is 0. The van der Waals surface area contributed by atoms with Crippen LogP contribution in [0.4, 0.5) is 5.69 Å². The van der Waals surface area contributed by atoms with E-state index < -0.39 is 0 Å². The van der Waals surface area contributed by atoms with Gasteiger partial charge in [-0.2, -0.15) is 0 Å². The molecule has 0 radical (unpaired) electrons. The van der Waals surface area contributed by atoms with E-state index in [1.807, 2.05) is 30.3 Å². The predicted molar refractivity (Wildman–Crippen MR) is 53.0 cm³/mol. The van der Waals surface area contributed by atoms with E-state index in [-0.39, 0.29) is 0 Å². The molecule has 0 spiro atoms. The first-order valence-electron chi connectivity index (χ1n) is 4.01. The van der Waals surface area contributed by atoms with Gasteiger partial charge in [-0.1, -0.05) is 24.3 Å². The first kappa shape index (κ1) is 9.32. The molecular formula is C10H12N2O. The minimum atomic E-state index is 0.485. The highest BCUT2D eigenvalue weighted by Gasteiger charge is 1.96. The Kier molecular flexibility index (Phi) is 3.57. The number of carbonyl (C=O) groups is 1. The van der Waals surface area contributed by atoms with E-state index in [1.54, 1.807) is 6.08 Å². The molecule has 0 aliphatic rings. The van der Waals surface area contributed by atoms with Crippen LogP contribution in [0, 0.1) is 0 Å². The second kappa shape index (κ2) is 4.98. The molecule has 0 heterocycles. The van der Waals surface area contributed by atoms with Crippen molar-refractivity contribution in [2.45, 2.75) is 0 Å². The smallest absolute Gasteiger partial charge is 0.228 e. The normalized spacial score (nSPS) is 8.92. The minimum absolute atomic E-state index is 0.485. The summed E-state index contributed by atoms with van der Waals surface area (Å²) in [6, 6.07) is 9.50. The van der Waals surface area contributed by atoms with Gasteiger partial charge in [0, 0.05) is 0 Å². The molecule has 1 N–H and O–H groups in total. The third-order valence-corrected chi connectivity index (χ3v) is 1.50. The van der Waals surface area contributed by atoms with E-state index in [2.05, 4.69) is 12.0 Å². The lowest BCUT2D eigenvalue weighted by atomic mass is 10.3. The predicted octanol–water partition coefficient (Wildman–Crippen LogP) is 1.66. The van der Waals surface area contributed by atoms with Crippen LogP contribution >= 0.6 is 0 Å². The van der Waals surface area contributed by atoms with Crippen LogP contribution in [0.25, 0.3) is 0 Å². The molecule has 0 unspecified atom stereocenters. The summed E-state index contributed by atoms with van der Waals surface area (Å²) in [7, 11) is 0. The second-order valence-electron chi connectivity index (χ2n) is 2.52. The number of para-hydroxylation sites is 1.